The van der Waals surface area contributed by atoms with E-state index in [1.165, 1.54) is 5.56 Å². The van der Waals surface area contributed by atoms with Crippen LogP contribution in [0.5, 0.6) is 11.5 Å². The Morgan fingerprint density at radius 3 is 2.24 bits per heavy atom. The van der Waals surface area contributed by atoms with Gasteiger partial charge in [0.05, 0.1) is 10.7 Å². The second-order valence-corrected chi connectivity index (χ2v) is 10.9. The molecule has 2 aliphatic carbocycles. The summed E-state index contributed by atoms with van der Waals surface area (Å²) in [5.74, 6) is 1.20. The van der Waals surface area contributed by atoms with Gasteiger partial charge in [-0.05, 0) is 78.0 Å². The van der Waals surface area contributed by atoms with E-state index in [4.69, 9.17) is 9.47 Å². The van der Waals surface area contributed by atoms with Gasteiger partial charge in [0.1, 0.15) is 6.61 Å². The number of ether oxygens (including phenoxy) is 2. The molecule has 1 aliphatic heterocycles. The number of hydrogen-bond acceptors (Lipinski definition) is 5. The van der Waals surface area contributed by atoms with Gasteiger partial charge in [-0.2, -0.15) is 0 Å². The molecule has 5 rings (SSSR count). The Morgan fingerprint density at radius 2 is 1.65 bits per heavy atom. The number of carbonyl (C=O) groups is 2. The number of benzene rings is 2. The zero-order chi connectivity index (χ0) is 25.9. The van der Waals surface area contributed by atoms with Crippen LogP contribution in [0.3, 0.4) is 0 Å². The second kappa shape index (κ2) is 11.3. The Labute approximate surface area is 232 Å². The highest BCUT2D eigenvalue weighted by molar-refractivity contribution is 14.1. The van der Waals surface area contributed by atoms with Crippen molar-refractivity contribution in [3.8, 4) is 11.5 Å². The van der Waals surface area contributed by atoms with Crippen molar-refractivity contribution in [1.29, 1.82) is 0 Å². The van der Waals surface area contributed by atoms with Crippen molar-refractivity contribution >= 4 is 34.2 Å². The van der Waals surface area contributed by atoms with Crippen LogP contribution >= 0.6 is 22.6 Å². The molecule has 0 amide bonds. The average molecular weight is 610 g/mol. The molecule has 0 atom stereocenters. The van der Waals surface area contributed by atoms with E-state index in [2.05, 4.69) is 58.3 Å². The maximum absolute atomic E-state index is 13.6. The van der Waals surface area contributed by atoms with Crippen molar-refractivity contribution in [3.05, 3.63) is 92.4 Å². The van der Waals surface area contributed by atoms with E-state index in [0.29, 0.717) is 30.9 Å². The Bertz CT molecular complexity index is 1250. The van der Waals surface area contributed by atoms with Crippen LogP contribution in [0.1, 0.15) is 55.6 Å². The number of methoxy groups -OCH3 is 1. The maximum Gasteiger partial charge on any atom is 0.174 e. The van der Waals surface area contributed by atoms with Gasteiger partial charge >= 0.3 is 0 Å². The highest BCUT2D eigenvalue weighted by Crippen LogP contribution is 2.50. The third-order valence-electron chi connectivity index (χ3n) is 7.48. The molecule has 0 saturated heterocycles. The summed E-state index contributed by atoms with van der Waals surface area (Å²) >= 11 is 2.25. The number of rotatable bonds is 8. The van der Waals surface area contributed by atoms with Gasteiger partial charge in [0.15, 0.2) is 23.1 Å². The molecule has 0 aromatic heterocycles. The lowest BCUT2D eigenvalue weighted by Crippen LogP contribution is -2.40. The van der Waals surface area contributed by atoms with Crippen LogP contribution < -0.4 is 9.47 Å². The third-order valence-corrected chi connectivity index (χ3v) is 8.29. The van der Waals surface area contributed by atoms with E-state index in [1.807, 2.05) is 18.2 Å². The number of ketones is 2. The molecule has 0 saturated carbocycles. The molecule has 192 valence electrons. The molecule has 0 bridgehead atoms. The lowest BCUT2D eigenvalue weighted by Gasteiger charge is -2.44. The molecule has 3 aliphatic rings. The fourth-order valence-corrected chi connectivity index (χ4v) is 6.68. The number of carbonyl (C=O) groups excluding carboxylic acids is 2. The molecule has 0 spiro atoms. The molecule has 2 aromatic carbocycles. The van der Waals surface area contributed by atoms with E-state index in [-0.39, 0.29) is 17.5 Å². The molecular weight excluding hydrogens is 577 g/mol. The van der Waals surface area contributed by atoms with Crippen LogP contribution in [0.4, 0.5) is 0 Å². The summed E-state index contributed by atoms with van der Waals surface area (Å²) in [7, 11) is 1.62. The summed E-state index contributed by atoms with van der Waals surface area (Å²) in [5.41, 5.74) is 5.98. The zero-order valence-electron chi connectivity index (χ0n) is 21.2. The predicted octanol–water partition coefficient (Wildman–Crippen LogP) is 6.52. The summed E-state index contributed by atoms with van der Waals surface area (Å²) in [6, 6.07) is 14.4. The van der Waals surface area contributed by atoms with Gasteiger partial charge in [-0.25, -0.2) is 0 Å². The number of allylic oxidation sites excluding steroid dienone is 4. The summed E-state index contributed by atoms with van der Waals surface area (Å²) < 4.78 is 12.5. The molecule has 5 nitrogen and oxygen atoms in total. The van der Waals surface area contributed by atoms with Crippen LogP contribution in [0, 0.1) is 3.57 Å². The van der Waals surface area contributed by atoms with Crippen LogP contribution in [0.15, 0.2) is 77.7 Å². The molecule has 1 heterocycles. The number of nitrogens with zero attached hydrogens (tertiary/aromatic N) is 1. The SMILES string of the molecule is C=CCOc1c(I)cc(C2C3=C(CCCC3=O)N(CCc3ccccc3)C3=C2C(=O)CCC3)cc1OC. The quantitative estimate of drug-likeness (QED) is 0.252. The Balaban J connectivity index is 1.64. The van der Waals surface area contributed by atoms with Crippen LogP contribution in [-0.2, 0) is 16.0 Å². The van der Waals surface area contributed by atoms with Crippen molar-refractivity contribution in [2.75, 3.05) is 20.3 Å². The van der Waals surface area contributed by atoms with Crippen molar-refractivity contribution in [3.63, 3.8) is 0 Å². The van der Waals surface area contributed by atoms with Crippen molar-refractivity contribution < 1.29 is 19.1 Å². The number of hydrogen-bond donors (Lipinski definition) is 0. The van der Waals surface area contributed by atoms with E-state index in [0.717, 1.165) is 70.3 Å². The zero-order valence-corrected chi connectivity index (χ0v) is 23.4. The topological polar surface area (TPSA) is 55.8 Å². The van der Waals surface area contributed by atoms with Gasteiger partial charge in [0, 0.05) is 47.8 Å². The molecule has 0 radical (unpaired) electrons. The van der Waals surface area contributed by atoms with Gasteiger partial charge < -0.3 is 14.4 Å². The molecule has 0 unspecified atom stereocenters. The van der Waals surface area contributed by atoms with Gasteiger partial charge in [-0.15, -0.1) is 0 Å². The van der Waals surface area contributed by atoms with Gasteiger partial charge in [0.2, 0.25) is 0 Å². The Kier molecular flexibility index (Phi) is 7.84. The van der Waals surface area contributed by atoms with Crippen LogP contribution in [-0.4, -0.2) is 36.7 Å². The number of Topliss-reactive ketones (excluding diaryl/α,β-unsaturated/α-hetero) is 2. The lowest BCUT2D eigenvalue weighted by atomic mass is 9.71. The summed E-state index contributed by atoms with van der Waals surface area (Å²) in [6.45, 7) is 4.88. The van der Waals surface area contributed by atoms with E-state index < -0.39 is 0 Å². The van der Waals surface area contributed by atoms with Crippen LogP contribution in [0.2, 0.25) is 0 Å². The van der Waals surface area contributed by atoms with E-state index in [9.17, 15) is 9.59 Å². The largest absolute Gasteiger partial charge is 0.493 e. The highest BCUT2D eigenvalue weighted by atomic mass is 127. The Hall–Kier alpha value is -2.87. The molecule has 6 heteroatoms. The summed E-state index contributed by atoms with van der Waals surface area (Å²) in [5, 5.41) is 0. The van der Waals surface area contributed by atoms with Gasteiger partial charge in [-0.1, -0.05) is 43.0 Å². The minimum atomic E-state index is -0.366. The van der Waals surface area contributed by atoms with E-state index in [1.54, 1.807) is 13.2 Å². The van der Waals surface area contributed by atoms with Crippen molar-refractivity contribution in [1.82, 2.24) is 4.90 Å². The first kappa shape index (κ1) is 25.8. The molecular formula is C31H32INO4. The van der Waals surface area contributed by atoms with Gasteiger partial charge in [0.25, 0.3) is 0 Å². The van der Waals surface area contributed by atoms with E-state index >= 15 is 0 Å². The number of halogens is 1. The monoisotopic (exact) mass is 609 g/mol. The minimum absolute atomic E-state index is 0.154. The van der Waals surface area contributed by atoms with Crippen molar-refractivity contribution in [2.45, 2.75) is 50.9 Å². The fourth-order valence-electron chi connectivity index (χ4n) is 5.89. The third kappa shape index (κ3) is 5.00. The summed E-state index contributed by atoms with van der Waals surface area (Å²) in [6.07, 6.45) is 7.00. The average Bonchev–Trinajstić information content (AvgIpc) is 2.91. The lowest BCUT2D eigenvalue weighted by molar-refractivity contribution is -0.117. The summed E-state index contributed by atoms with van der Waals surface area (Å²) in [4.78, 5) is 29.5. The van der Waals surface area contributed by atoms with Gasteiger partial charge in [-0.3, -0.25) is 9.59 Å². The predicted molar refractivity (Wildman–Crippen MR) is 153 cm³/mol. The Morgan fingerprint density at radius 1 is 1.00 bits per heavy atom. The smallest absolute Gasteiger partial charge is 0.174 e. The molecule has 0 fully saturated rings. The molecule has 0 N–H and O–H groups in total. The molecule has 37 heavy (non-hydrogen) atoms. The fraction of sp³-hybridized carbons (Fsp3) is 0.355. The highest BCUT2D eigenvalue weighted by Gasteiger charge is 2.43. The second-order valence-electron chi connectivity index (χ2n) is 9.73. The van der Waals surface area contributed by atoms with Crippen molar-refractivity contribution in [2.24, 2.45) is 0 Å². The first-order valence-corrected chi connectivity index (χ1v) is 14.1. The standard InChI is InChI=1S/C31H32INO4/c1-3-17-37-31-22(32)18-21(19-27(31)36-2)28-29-23(11-7-13-25(29)34)33(16-15-20-9-5-4-6-10-20)24-12-8-14-26(35)30(24)28/h3-6,9-10,18-19,28H,1,7-8,11-17H2,2H3. The minimum Gasteiger partial charge on any atom is -0.493 e. The first-order chi connectivity index (χ1) is 18.0. The first-order valence-electron chi connectivity index (χ1n) is 13.0. The maximum atomic E-state index is 13.6. The normalized spacial score (nSPS) is 18.1. The molecule has 2 aromatic rings. The van der Waals surface area contributed by atoms with Crippen LogP contribution in [0.25, 0.3) is 0 Å².